The zero-order valence-electron chi connectivity index (χ0n) is 19.1. The summed E-state index contributed by atoms with van der Waals surface area (Å²) in [7, 11) is -0.0625. The Hall–Kier alpha value is -0.605. The topological polar surface area (TPSA) is 35.5 Å². The molecule has 0 amide bonds. The standard InChI is InChI=1S/C25H39BO3/c1-23(2,3)26-28-15-22(29-26)21-9-8-19-18-7-6-16-14-17(27)10-12-24(16,4)20(18)11-13-25(19,21)5/h14,18-22H,6-13,15H2,1-5H3. The number of allylic oxidation sites excluding steroid dienone is 1. The van der Waals surface area contributed by atoms with Crippen molar-refractivity contribution in [3.63, 3.8) is 0 Å². The molecule has 7 unspecified atom stereocenters. The Labute approximate surface area is 177 Å². The lowest BCUT2D eigenvalue weighted by Gasteiger charge is -2.58. The second-order valence-corrected chi connectivity index (χ2v) is 12.4. The van der Waals surface area contributed by atoms with Gasteiger partial charge in [0.2, 0.25) is 0 Å². The second-order valence-electron chi connectivity index (χ2n) is 12.4. The van der Waals surface area contributed by atoms with Crippen LogP contribution in [-0.4, -0.2) is 25.6 Å². The quantitative estimate of drug-likeness (QED) is 0.521. The fourth-order valence-corrected chi connectivity index (χ4v) is 8.30. The summed E-state index contributed by atoms with van der Waals surface area (Å²) >= 11 is 0. The molecule has 0 aromatic carbocycles. The molecule has 0 aromatic heterocycles. The van der Waals surface area contributed by atoms with E-state index in [1.54, 1.807) is 0 Å². The van der Waals surface area contributed by atoms with Crippen LogP contribution in [0.1, 0.15) is 86.0 Å². The summed E-state index contributed by atoms with van der Waals surface area (Å²) in [5.74, 6) is 3.42. The van der Waals surface area contributed by atoms with E-state index in [4.69, 9.17) is 9.31 Å². The van der Waals surface area contributed by atoms with Crippen molar-refractivity contribution < 1.29 is 14.1 Å². The number of carbonyl (C=O) groups excluding carboxylic acids is 1. The molecule has 0 aromatic rings. The van der Waals surface area contributed by atoms with Crippen LogP contribution in [0.15, 0.2) is 11.6 Å². The first kappa shape index (κ1) is 20.3. The van der Waals surface area contributed by atoms with Crippen LogP contribution >= 0.6 is 0 Å². The van der Waals surface area contributed by atoms with Crippen LogP contribution in [0.4, 0.5) is 0 Å². The number of ketones is 1. The maximum atomic E-state index is 12.0. The first-order valence-electron chi connectivity index (χ1n) is 12.1. The fourth-order valence-electron chi connectivity index (χ4n) is 8.30. The molecule has 0 N–H and O–H groups in total. The van der Waals surface area contributed by atoms with Crippen LogP contribution in [-0.2, 0) is 14.1 Å². The molecule has 29 heavy (non-hydrogen) atoms. The Balaban J connectivity index is 1.37. The highest BCUT2D eigenvalue weighted by atomic mass is 16.6. The lowest BCUT2D eigenvalue weighted by Crippen LogP contribution is -2.51. The summed E-state index contributed by atoms with van der Waals surface area (Å²) in [5, 5.41) is 0.0461. The summed E-state index contributed by atoms with van der Waals surface area (Å²) in [6.07, 6.45) is 11.9. The van der Waals surface area contributed by atoms with E-state index in [0.717, 1.165) is 43.6 Å². The number of hydrogen-bond acceptors (Lipinski definition) is 3. The maximum absolute atomic E-state index is 12.0. The van der Waals surface area contributed by atoms with Gasteiger partial charge < -0.3 is 9.31 Å². The van der Waals surface area contributed by atoms with Gasteiger partial charge in [-0.3, -0.25) is 4.79 Å². The van der Waals surface area contributed by atoms with Crippen LogP contribution in [0.5, 0.6) is 0 Å². The second kappa shape index (κ2) is 6.69. The molecule has 5 aliphatic rings. The van der Waals surface area contributed by atoms with Gasteiger partial charge in [0.05, 0.1) is 12.7 Å². The third kappa shape index (κ3) is 3.03. The SMILES string of the molecule is CC(C)(C)B1OCC(C2CCC3C4CCC5=CC(=O)CCC5(C)C4CCC23C)O1. The van der Waals surface area contributed by atoms with Gasteiger partial charge >= 0.3 is 7.12 Å². The molecule has 0 spiro atoms. The highest BCUT2D eigenvalue weighted by molar-refractivity contribution is 6.48. The van der Waals surface area contributed by atoms with Gasteiger partial charge in [0.25, 0.3) is 0 Å². The monoisotopic (exact) mass is 398 g/mol. The molecule has 0 bridgehead atoms. The van der Waals surface area contributed by atoms with E-state index in [1.807, 2.05) is 6.08 Å². The van der Waals surface area contributed by atoms with Crippen LogP contribution in [0.2, 0.25) is 5.31 Å². The van der Waals surface area contributed by atoms with Gasteiger partial charge in [-0.1, -0.05) is 40.2 Å². The van der Waals surface area contributed by atoms with Gasteiger partial charge in [-0.05, 0) is 90.8 Å². The molecule has 0 radical (unpaired) electrons. The Bertz CT molecular complexity index is 724. The minimum atomic E-state index is -0.0625. The summed E-state index contributed by atoms with van der Waals surface area (Å²) in [6.45, 7) is 12.5. The lowest BCUT2D eigenvalue weighted by atomic mass is 9.46. The van der Waals surface area contributed by atoms with Crippen molar-refractivity contribution >= 4 is 12.9 Å². The third-order valence-electron chi connectivity index (χ3n) is 9.90. The van der Waals surface area contributed by atoms with Crippen molar-refractivity contribution in [1.82, 2.24) is 0 Å². The van der Waals surface area contributed by atoms with E-state index >= 15 is 0 Å². The van der Waals surface area contributed by atoms with Crippen molar-refractivity contribution in [2.45, 2.75) is 97.4 Å². The Morgan fingerprint density at radius 1 is 1.00 bits per heavy atom. The average Bonchev–Trinajstić information content (AvgIpc) is 3.26. The fraction of sp³-hybridized carbons (Fsp3) is 0.880. The van der Waals surface area contributed by atoms with Crippen molar-refractivity contribution in [2.75, 3.05) is 6.61 Å². The van der Waals surface area contributed by atoms with Gasteiger partial charge in [0.1, 0.15) is 0 Å². The van der Waals surface area contributed by atoms with Gasteiger partial charge in [0, 0.05) is 6.42 Å². The van der Waals surface area contributed by atoms with E-state index in [2.05, 4.69) is 34.6 Å². The Morgan fingerprint density at radius 3 is 2.48 bits per heavy atom. The smallest absolute Gasteiger partial charge is 0.408 e. The molecule has 4 heteroatoms. The van der Waals surface area contributed by atoms with E-state index in [0.29, 0.717) is 17.1 Å². The minimum Gasteiger partial charge on any atom is -0.408 e. The highest BCUT2D eigenvalue weighted by Crippen LogP contribution is 2.67. The molecule has 3 saturated carbocycles. The number of rotatable bonds is 1. The van der Waals surface area contributed by atoms with Gasteiger partial charge in [-0.15, -0.1) is 0 Å². The molecular weight excluding hydrogens is 359 g/mol. The summed E-state index contributed by atoms with van der Waals surface area (Å²) < 4.78 is 12.6. The summed E-state index contributed by atoms with van der Waals surface area (Å²) in [6, 6.07) is 0. The van der Waals surface area contributed by atoms with Crippen LogP contribution in [0, 0.1) is 34.5 Å². The predicted molar refractivity (Wildman–Crippen MR) is 116 cm³/mol. The highest BCUT2D eigenvalue weighted by Gasteiger charge is 2.61. The predicted octanol–water partition coefficient (Wildman–Crippen LogP) is 5.84. The van der Waals surface area contributed by atoms with E-state index in [1.165, 1.54) is 37.7 Å². The van der Waals surface area contributed by atoms with E-state index in [-0.39, 0.29) is 24.0 Å². The third-order valence-corrected chi connectivity index (χ3v) is 9.90. The summed E-state index contributed by atoms with van der Waals surface area (Å²) in [4.78, 5) is 12.0. The molecule has 160 valence electrons. The van der Waals surface area contributed by atoms with Crippen LogP contribution < -0.4 is 0 Å². The van der Waals surface area contributed by atoms with Crippen LogP contribution in [0.3, 0.4) is 0 Å². The van der Waals surface area contributed by atoms with E-state index < -0.39 is 0 Å². The zero-order chi connectivity index (χ0) is 20.6. The van der Waals surface area contributed by atoms with Gasteiger partial charge in [-0.25, -0.2) is 0 Å². The molecule has 4 aliphatic carbocycles. The zero-order valence-corrected chi connectivity index (χ0v) is 19.1. The van der Waals surface area contributed by atoms with Gasteiger partial charge in [0.15, 0.2) is 5.78 Å². The normalized spacial score (nSPS) is 47.5. The number of hydrogen-bond donors (Lipinski definition) is 0. The lowest BCUT2D eigenvalue weighted by molar-refractivity contribution is -0.117. The molecule has 1 aliphatic heterocycles. The van der Waals surface area contributed by atoms with E-state index in [9.17, 15) is 4.79 Å². The van der Waals surface area contributed by atoms with Crippen LogP contribution in [0.25, 0.3) is 0 Å². The Morgan fingerprint density at radius 2 is 1.76 bits per heavy atom. The summed E-state index contributed by atoms with van der Waals surface area (Å²) in [5.41, 5.74) is 2.15. The van der Waals surface area contributed by atoms with Gasteiger partial charge in [-0.2, -0.15) is 0 Å². The molecule has 1 heterocycles. The molecular formula is C25H39BO3. The van der Waals surface area contributed by atoms with Crippen molar-refractivity contribution in [3.8, 4) is 0 Å². The molecule has 5 rings (SSSR count). The molecule has 7 atom stereocenters. The molecule has 1 saturated heterocycles. The number of fused-ring (bicyclic) bond motifs is 5. The first-order chi connectivity index (χ1) is 13.6. The number of carbonyl (C=O) groups is 1. The molecule has 4 fully saturated rings. The average molecular weight is 398 g/mol. The van der Waals surface area contributed by atoms with Crippen molar-refractivity contribution in [3.05, 3.63) is 11.6 Å². The van der Waals surface area contributed by atoms with Crippen molar-refractivity contribution in [1.29, 1.82) is 0 Å². The first-order valence-corrected chi connectivity index (χ1v) is 12.1. The Kier molecular flexibility index (Phi) is 4.69. The van der Waals surface area contributed by atoms with Crippen molar-refractivity contribution in [2.24, 2.45) is 34.5 Å². The maximum Gasteiger partial charge on any atom is 0.463 e. The largest absolute Gasteiger partial charge is 0.463 e. The minimum absolute atomic E-state index is 0.0461. The molecule has 3 nitrogen and oxygen atoms in total.